The molecule has 2 saturated heterocycles. The summed E-state index contributed by atoms with van der Waals surface area (Å²) in [5, 5.41) is 3.87. The normalized spacial score (nSPS) is 25.5. The van der Waals surface area contributed by atoms with E-state index in [2.05, 4.69) is 10.1 Å². The molecule has 0 N–H and O–H groups in total. The summed E-state index contributed by atoms with van der Waals surface area (Å²) in [6, 6.07) is 0.244. The standard InChI is InChI=1S/C15H23N3O4/c1-10-14(11(2)22-16-10)15(19)18-8-12-13(9-18)21-7-5-17(12)4-6-20-3/h12-13H,4-9H2,1-3H3/t12-,13+/m1/s1. The number of hydrogen-bond donors (Lipinski definition) is 0. The number of aryl methyl sites for hydroxylation is 2. The second kappa shape index (κ2) is 6.36. The highest BCUT2D eigenvalue weighted by atomic mass is 16.5. The number of ether oxygens (including phenoxy) is 2. The molecule has 0 unspecified atom stereocenters. The van der Waals surface area contributed by atoms with Crippen LogP contribution < -0.4 is 0 Å². The molecule has 0 bridgehead atoms. The molecule has 3 rings (SSSR count). The van der Waals surface area contributed by atoms with Crippen molar-refractivity contribution in [3.05, 3.63) is 17.0 Å². The topological polar surface area (TPSA) is 68.0 Å². The third kappa shape index (κ3) is 2.76. The smallest absolute Gasteiger partial charge is 0.259 e. The lowest BCUT2D eigenvalue weighted by Gasteiger charge is -2.36. The van der Waals surface area contributed by atoms with E-state index in [4.69, 9.17) is 14.0 Å². The summed E-state index contributed by atoms with van der Waals surface area (Å²) in [6.07, 6.45) is 0.0787. The van der Waals surface area contributed by atoms with Gasteiger partial charge in [-0.1, -0.05) is 5.16 Å². The van der Waals surface area contributed by atoms with E-state index in [1.54, 1.807) is 21.0 Å². The summed E-state index contributed by atoms with van der Waals surface area (Å²) in [6.45, 7) is 8.03. The molecule has 3 heterocycles. The van der Waals surface area contributed by atoms with Gasteiger partial charge in [0.1, 0.15) is 11.3 Å². The lowest BCUT2D eigenvalue weighted by atomic mass is 10.1. The molecule has 2 atom stereocenters. The van der Waals surface area contributed by atoms with Crippen LogP contribution in [0.2, 0.25) is 0 Å². The molecule has 0 aliphatic carbocycles. The largest absolute Gasteiger partial charge is 0.383 e. The minimum Gasteiger partial charge on any atom is -0.383 e. The maximum atomic E-state index is 12.7. The predicted octanol–water partition coefficient (Wildman–Crippen LogP) is 0.463. The first-order valence-corrected chi connectivity index (χ1v) is 7.68. The van der Waals surface area contributed by atoms with Gasteiger partial charge in [0.05, 0.1) is 31.1 Å². The van der Waals surface area contributed by atoms with Crippen molar-refractivity contribution in [1.82, 2.24) is 15.0 Å². The van der Waals surface area contributed by atoms with Crippen molar-refractivity contribution in [3.8, 4) is 0 Å². The van der Waals surface area contributed by atoms with Crippen LogP contribution in [0, 0.1) is 13.8 Å². The van der Waals surface area contributed by atoms with Gasteiger partial charge in [0.15, 0.2) is 0 Å². The monoisotopic (exact) mass is 309 g/mol. The summed E-state index contributed by atoms with van der Waals surface area (Å²) < 4.78 is 16.1. The van der Waals surface area contributed by atoms with E-state index in [1.165, 1.54) is 0 Å². The van der Waals surface area contributed by atoms with Crippen molar-refractivity contribution in [2.75, 3.05) is 46.5 Å². The van der Waals surface area contributed by atoms with Crippen LogP contribution in [0.1, 0.15) is 21.8 Å². The van der Waals surface area contributed by atoms with Gasteiger partial charge in [-0.05, 0) is 13.8 Å². The highest BCUT2D eigenvalue weighted by Gasteiger charge is 2.42. The highest BCUT2D eigenvalue weighted by Crippen LogP contribution is 2.25. The Labute approximate surface area is 130 Å². The molecule has 22 heavy (non-hydrogen) atoms. The summed E-state index contributed by atoms with van der Waals surface area (Å²) in [7, 11) is 1.71. The van der Waals surface area contributed by atoms with E-state index in [0.717, 1.165) is 13.1 Å². The zero-order valence-corrected chi connectivity index (χ0v) is 13.4. The average molecular weight is 309 g/mol. The predicted molar refractivity (Wildman–Crippen MR) is 78.9 cm³/mol. The van der Waals surface area contributed by atoms with Gasteiger partial charge in [-0.2, -0.15) is 0 Å². The summed E-state index contributed by atoms with van der Waals surface area (Å²) in [4.78, 5) is 17.0. The Hall–Kier alpha value is -1.44. The van der Waals surface area contributed by atoms with E-state index < -0.39 is 0 Å². The number of aromatic nitrogens is 1. The van der Waals surface area contributed by atoms with E-state index in [1.807, 2.05) is 4.90 Å². The van der Waals surface area contributed by atoms with Crippen molar-refractivity contribution in [2.24, 2.45) is 0 Å². The molecule has 2 aliphatic heterocycles. The zero-order chi connectivity index (χ0) is 15.7. The number of carbonyl (C=O) groups excluding carboxylic acids is 1. The van der Waals surface area contributed by atoms with Crippen LogP contribution in [0.15, 0.2) is 4.52 Å². The first kappa shape index (κ1) is 15.5. The van der Waals surface area contributed by atoms with Crippen LogP contribution in [0.4, 0.5) is 0 Å². The van der Waals surface area contributed by atoms with E-state index >= 15 is 0 Å². The number of fused-ring (bicyclic) bond motifs is 1. The molecule has 7 heteroatoms. The fraction of sp³-hybridized carbons (Fsp3) is 0.733. The van der Waals surface area contributed by atoms with Crippen LogP contribution in [0.3, 0.4) is 0 Å². The van der Waals surface area contributed by atoms with E-state index in [-0.39, 0.29) is 18.1 Å². The molecule has 0 aromatic carbocycles. The molecule has 2 aliphatic rings. The number of nitrogens with zero attached hydrogens (tertiary/aromatic N) is 3. The minimum absolute atomic E-state index is 0.0130. The van der Waals surface area contributed by atoms with Gasteiger partial charge in [0, 0.05) is 33.3 Å². The van der Waals surface area contributed by atoms with Crippen molar-refractivity contribution < 1.29 is 18.8 Å². The lowest BCUT2D eigenvalue weighted by Crippen LogP contribution is -2.51. The number of likely N-dealkylation sites (tertiary alicyclic amines) is 1. The Balaban J connectivity index is 1.72. The molecular formula is C15H23N3O4. The average Bonchev–Trinajstić information content (AvgIpc) is 3.08. The maximum Gasteiger partial charge on any atom is 0.259 e. The van der Waals surface area contributed by atoms with Gasteiger partial charge in [0.2, 0.25) is 0 Å². The number of methoxy groups -OCH3 is 1. The second-order valence-corrected chi connectivity index (χ2v) is 5.91. The zero-order valence-electron chi connectivity index (χ0n) is 13.4. The molecule has 7 nitrogen and oxygen atoms in total. The lowest BCUT2D eigenvalue weighted by molar-refractivity contribution is -0.0526. The van der Waals surface area contributed by atoms with E-state index in [0.29, 0.717) is 43.3 Å². The Kier molecular flexibility index (Phi) is 4.46. The summed E-state index contributed by atoms with van der Waals surface area (Å²) >= 11 is 0. The quantitative estimate of drug-likeness (QED) is 0.805. The Morgan fingerprint density at radius 1 is 1.41 bits per heavy atom. The molecule has 2 fully saturated rings. The van der Waals surface area contributed by atoms with Crippen LogP contribution in [-0.2, 0) is 9.47 Å². The van der Waals surface area contributed by atoms with Crippen LogP contribution >= 0.6 is 0 Å². The summed E-state index contributed by atoms with van der Waals surface area (Å²) in [5.74, 6) is 0.565. The number of rotatable bonds is 4. The number of morpholine rings is 1. The fourth-order valence-corrected chi connectivity index (χ4v) is 3.36. The molecular weight excluding hydrogens is 286 g/mol. The first-order valence-electron chi connectivity index (χ1n) is 7.68. The van der Waals surface area contributed by atoms with Gasteiger partial charge in [0.25, 0.3) is 5.91 Å². The molecule has 1 aromatic heterocycles. The maximum absolute atomic E-state index is 12.7. The SMILES string of the molecule is COCCN1CCO[C@H]2CN(C(=O)c3c(C)noc3C)C[C@H]21. The Morgan fingerprint density at radius 3 is 2.91 bits per heavy atom. The Morgan fingerprint density at radius 2 is 2.23 bits per heavy atom. The third-order valence-corrected chi connectivity index (χ3v) is 4.53. The molecule has 122 valence electrons. The van der Waals surface area contributed by atoms with E-state index in [9.17, 15) is 4.79 Å². The third-order valence-electron chi connectivity index (χ3n) is 4.53. The highest BCUT2D eigenvalue weighted by molar-refractivity contribution is 5.96. The summed E-state index contributed by atoms with van der Waals surface area (Å²) in [5.41, 5.74) is 1.23. The van der Waals surface area contributed by atoms with Gasteiger partial charge in [-0.3, -0.25) is 9.69 Å². The van der Waals surface area contributed by atoms with Gasteiger partial charge >= 0.3 is 0 Å². The molecule has 0 radical (unpaired) electrons. The van der Waals surface area contributed by atoms with Crippen molar-refractivity contribution >= 4 is 5.91 Å². The van der Waals surface area contributed by atoms with Crippen molar-refractivity contribution in [1.29, 1.82) is 0 Å². The molecule has 1 aromatic rings. The van der Waals surface area contributed by atoms with Crippen LogP contribution in [0.25, 0.3) is 0 Å². The second-order valence-electron chi connectivity index (χ2n) is 5.91. The number of amides is 1. The minimum atomic E-state index is -0.0130. The van der Waals surface area contributed by atoms with Crippen molar-refractivity contribution in [2.45, 2.75) is 26.0 Å². The fourth-order valence-electron chi connectivity index (χ4n) is 3.36. The number of carbonyl (C=O) groups is 1. The number of hydrogen-bond acceptors (Lipinski definition) is 6. The van der Waals surface area contributed by atoms with Gasteiger partial charge in [-0.25, -0.2) is 0 Å². The van der Waals surface area contributed by atoms with Gasteiger partial charge < -0.3 is 18.9 Å². The van der Waals surface area contributed by atoms with Gasteiger partial charge in [-0.15, -0.1) is 0 Å². The Bertz CT molecular complexity index is 525. The molecule has 0 spiro atoms. The van der Waals surface area contributed by atoms with Crippen molar-refractivity contribution in [3.63, 3.8) is 0 Å². The molecule has 1 amide bonds. The van der Waals surface area contributed by atoms with Crippen LogP contribution in [-0.4, -0.2) is 79.5 Å². The first-order chi connectivity index (χ1) is 10.6. The molecule has 0 saturated carbocycles. The van der Waals surface area contributed by atoms with Crippen LogP contribution in [0.5, 0.6) is 0 Å².